The molecule has 2 heterocycles. The van der Waals surface area contributed by atoms with Crippen LogP contribution in [0.3, 0.4) is 0 Å². The van der Waals surface area contributed by atoms with Crippen molar-refractivity contribution in [2.24, 2.45) is 5.73 Å². The van der Waals surface area contributed by atoms with Crippen molar-refractivity contribution in [1.82, 2.24) is 4.98 Å². The van der Waals surface area contributed by atoms with E-state index in [0.29, 0.717) is 0 Å². The first-order valence-corrected chi connectivity index (χ1v) is 8.34. The van der Waals surface area contributed by atoms with Gasteiger partial charge < -0.3 is 15.5 Å². The Balaban J connectivity index is 1.59. The molecule has 5 heteroatoms. The molecule has 1 aliphatic heterocycles. The van der Waals surface area contributed by atoms with Gasteiger partial charge in [0.05, 0.1) is 0 Å². The van der Waals surface area contributed by atoms with Crippen molar-refractivity contribution in [1.29, 1.82) is 0 Å². The number of hydrogen-bond donors (Lipinski definition) is 1. The third kappa shape index (κ3) is 3.54. The summed E-state index contributed by atoms with van der Waals surface area (Å²) in [5.74, 6) is 0. The largest absolute Gasteiger partial charge is 0.368 e. The summed E-state index contributed by atoms with van der Waals surface area (Å²) in [6.45, 7) is 6.22. The van der Waals surface area contributed by atoms with Gasteiger partial charge in [-0.1, -0.05) is 12.1 Å². The molecule has 3 rings (SSSR count). The van der Waals surface area contributed by atoms with Crippen LogP contribution in [0, 0.1) is 0 Å². The minimum Gasteiger partial charge on any atom is -0.368 e. The number of piperazine rings is 1. The van der Waals surface area contributed by atoms with Gasteiger partial charge in [-0.15, -0.1) is 11.3 Å². The molecule has 1 aliphatic rings. The van der Waals surface area contributed by atoms with Gasteiger partial charge in [0, 0.05) is 49.5 Å². The first-order valence-electron chi connectivity index (χ1n) is 7.46. The highest BCUT2D eigenvalue weighted by molar-refractivity contribution is 7.13. The van der Waals surface area contributed by atoms with Gasteiger partial charge in [-0.3, -0.25) is 0 Å². The Morgan fingerprint density at radius 2 is 1.81 bits per heavy atom. The molecule has 0 spiro atoms. The lowest BCUT2D eigenvalue weighted by molar-refractivity contribution is 0.652. The first-order chi connectivity index (χ1) is 10.2. The average Bonchev–Trinajstić information content (AvgIpc) is 3.02. The minimum atomic E-state index is 0.220. The number of aromatic nitrogens is 1. The maximum atomic E-state index is 5.85. The molecule has 1 atom stereocenters. The number of thiazole rings is 1. The van der Waals surface area contributed by atoms with E-state index in [1.807, 2.05) is 18.5 Å². The van der Waals surface area contributed by atoms with E-state index in [4.69, 9.17) is 5.73 Å². The Labute approximate surface area is 130 Å². The van der Waals surface area contributed by atoms with Crippen LogP contribution in [0.5, 0.6) is 0 Å². The Morgan fingerprint density at radius 3 is 2.38 bits per heavy atom. The average molecular weight is 302 g/mol. The fraction of sp³-hybridized carbons (Fsp3) is 0.438. The van der Waals surface area contributed by atoms with Crippen LogP contribution < -0.4 is 15.5 Å². The molecule has 1 fully saturated rings. The molecular weight excluding hydrogens is 280 g/mol. The predicted molar refractivity (Wildman–Crippen MR) is 90.3 cm³/mol. The Morgan fingerprint density at radius 1 is 1.14 bits per heavy atom. The summed E-state index contributed by atoms with van der Waals surface area (Å²) >= 11 is 1.72. The van der Waals surface area contributed by atoms with Crippen LogP contribution in [0.4, 0.5) is 10.8 Å². The molecule has 1 saturated heterocycles. The van der Waals surface area contributed by atoms with Crippen LogP contribution in [0.15, 0.2) is 35.8 Å². The molecule has 4 nitrogen and oxygen atoms in total. The van der Waals surface area contributed by atoms with E-state index in [1.54, 1.807) is 11.3 Å². The first kappa shape index (κ1) is 14.4. The molecule has 0 aliphatic carbocycles. The predicted octanol–water partition coefficient (Wildman–Crippen LogP) is 2.36. The maximum absolute atomic E-state index is 5.85. The molecule has 21 heavy (non-hydrogen) atoms. The minimum absolute atomic E-state index is 0.220. The molecule has 0 amide bonds. The lowest BCUT2D eigenvalue weighted by Gasteiger charge is -2.36. The molecule has 0 radical (unpaired) electrons. The molecule has 112 valence electrons. The summed E-state index contributed by atoms with van der Waals surface area (Å²) in [5, 5.41) is 3.18. The van der Waals surface area contributed by atoms with E-state index >= 15 is 0 Å². The molecule has 2 N–H and O–H groups in total. The van der Waals surface area contributed by atoms with Gasteiger partial charge >= 0.3 is 0 Å². The standard InChI is InChI=1S/C16H22N4S/c1-13(17)12-14-2-4-15(5-3-14)19-7-9-20(10-8-19)16-18-6-11-21-16/h2-6,11,13H,7-10,12,17H2,1H3. The Kier molecular flexibility index (Phi) is 4.41. The van der Waals surface area contributed by atoms with Crippen LogP contribution >= 0.6 is 11.3 Å². The molecule has 0 bridgehead atoms. The highest BCUT2D eigenvalue weighted by atomic mass is 32.1. The van der Waals surface area contributed by atoms with Crippen molar-refractivity contribution in [3.63, 3.8) is 0 Å². The Bertz CT molecular complexity index is 542. The van der Waals surface area contributed by atoms with Crippen molar-refractivity contribution >= 4 is 22.2 Å². The number of nitrogens with zero attached hydrogens (tertiary/aromatic N) is 3. The number of nitrogens with two attached hydrogens (primary N) is 1. The lowest BCUT2D eigenvalue weighted by atomic mass is 10.1. The highest BCUT2D eigenvalue weighted by Crippen LogP contribution is 2.22. The Hall–Kier alpha value is -1.59. The van der Waals surface area contributed by atoms with Gasteiger partial charge in [-0.25, -0.2) is 4.98 Å². The number of rotatable bonds is 4. The van der Waals surface area contributed by atoms with Crippen LogP contribution in [0.2, 0.25) is 0 Å². The van der Waals surface area contributed by atoms with Crippen molar-refractivity contribution in [2.45, 2.75) is 19.4 Å². The molecular formula is C16H22N4S. The van der Waals surface area contributed by atoms with E-state index in [-0.39, 0.29) is 6.04 Å². The summed E-state index contributed by atoms with van der Waals surface area (Å²) < 4.78 is 0. The van der Waals surface area contributed by atoms with Gasteiger partial charge in [-0.05, 0) is 31.0 Å². The monoisotopic (exact) mass is 302 g/mol. The third-order valence-corrected chi connectivity index (χ3v) is 4.66. The lowest BCUT2D eigenvalue weighted by Crippen LogP contribution is -2.46. The summed E-state index contributed by atoms with van der Waals surface area (Å²) in [6, 6.07) is 9.06. The maximum Gasteiger partial charge on any atom is 0.185 e. The molecule has 1 unspecified atom stereocenters. The van der Waals surface area contributed by atoms with E-state index in [9.17, 15) is 0 Å². The SMILES string of the molecule is CC(N)Cc1ccc(N2CCN(c3nccs3)CC2)cc1. The van der Waals surface area contributed by atoms with Crippen molar-refractivity contribution in [3.05, 3.63) is 41.4 Å². The summed E-state index contributed by atoms with van der Waals surface area (Å²) in [4.78, 5) is 9.20. The zero-order chi connectivity index (χ0) is 14.7. The fourth-order valence-electron chi connectivity index (χ4n) is 2.74. The summed E-state index contributed by atoms with van der Waals surface area (Å²) in [5.41, 5.74) is 8.47. The summed E-state index contributed by atoms with van der Waals surface area (Å²) in [6.07, 6.45) is 2.82. The summed E-state index contributed by atoms with van der Waals surface area (Å²) in [7, 11) is 0. The van der Waals surface area contributed by atoms with Gasteiger partial charge in [0.25, 0.3) is 0 Å². The second-order valence-corrected chi connectivity index (χ2v) is 6.51. The zero-order valence-corrected chi connectivity index (χ0v) is 13.2. The van der Waals surface area contributed by atoms with Gasteiger partial charge in [0.15, 0.2) is 5.13 Å². The van der Waals surface area contributed by atoms with Crippen LogP contribution in [-0.2, 0) is 6.42 Å². The molecule has 2 aromatic rings. The molecule has 0 saturated carbocycles. The van der Waals surface area contributed by atoms with Gasteiger partial charge in [0.1, 0.15) is 0 Å². The van der Waals surface area contributed by atoms with Crippen LogP contribution in [-0.4, -0.2) is 37.2 Å². The van der Waals surface area contributed by atoms with E-state index in [0.717, 1.165) is 37.7 Å². The van der Waals surface area contributed by atoms with Crippen LogP contribution in [0.25, 0.3) is 0 Å². The third-order valence-electron chi connectivity index (χ3n) is 3.83. The van der Waals surface area contributed by atoms with Crippen molar-refractivity contribution < 1.29 is 0 Å². The molecule has 1 aromatic carbocycles. The highest BCUT2D eigenvalue weighted by Gasteiger charge is 2.18. The van der Waals surface area contributed by atoms with E-state index < -0.39 is 0 Å². The van der Waals surface area contributed by atoms with Gasteiger partial charge in [-0.2, -0.15) is 0 Å². The zero-order valence-electron chi connectivity index (χ0n) is 12.4. The molecule has 1 aromatic heterocycles. The van der Waals surface area contributed by atoms with E-state index in [2.05, 4.69) is 39.0 Å². The van der Waals surface area contributed by atoms with Crippen LogP contribution in [0.1, 0.15) is 12.5 Å². The smallest absolute Gasteiger partial charge is 0.185 e. The fourth-order valence-corrected chi connectivity index (χ4v) is 3.44. The second kappa shape index (κ2) is 6.45. The van der Waals surface area contributed by atoms with Crippen molar-refractivity contribution in [3.8, 4) is 0 Å². The van der Waals surface area contributed by atoms with Crippen molar-refractivity contribution in [2.75, 3.05) is 36.0 Å². The number of hydrogen-bond acceptors (Lipinski definition) is 5. The van der Waals surface area contributed by atoms with Gasteiger partial charge in [0.2, 0.25) is 0 Å². The van der Waals surface area contributed by atoms with E-state index in [1.165, 1.54) is 11.3 Å². The quantitative estimate of drug-likeness (QED) is 0.942. The number of benzene rings is 1. The normalized spacial score (nSPS) is 17.0. The topological polar surface area (TPSA) is 45.4 Å². The number of anilines is 2. The second-order valence-electron chi connectivity index (χ2n) is 5.64.